The lowest BCUT2D eigenvalue weighted by atomic mass is 10.00. The summed E-state index contributed by atoms with van der Waals surface area (Å²) in [6.45, 7) is 6.71. The van der Waals surface area contributed by atoms with Gasteiger partial charge in [-0.1, -0.05) is 24.3 Å². The number of ether oxygens (including phenoxy) is 1. The van der Waals surface area contributed by atoms with Gasteiger partial charge in [0, 0.05) is 32.8 Å². The van der Waals surface area contributed by atoms with Crippen molar-refractivity contribution in [1.29, 1.82) is 0 Å². The molecule has 1 aromatic rings. The first-order chi connectivity index (χ1) is 8.83. The van der Waals surface area contributed by atoms with Crippen molar-refractivity contribution in [2.75, 3.05) is 26.2 Å². The van der Waals surface area contributed by atoms with Crippen LogP contribution in [0.4, 0.5) is 0 Å². The van der Waals surface area contributed by atoms with Crippen molar-refractivity contribution < 1.29 is 4.74 Å². The molecule has 1 atom stereocenters. The van der Waals surface area contributed by atoms with Crippen LogP contribution in [0.3, 0.4) is 0 Å². The van der Waals surface area contributed by atoms with Crippen LogP contribution < -0.4 is 5.73 Å². The van der Waals surface area contributed by atoms with E-state index in [0.29, 0.717) is 6.54 Å². The Labute approximate surface area is 110 Å². The Morgan fingerprint density at radius 3 is 2.83 bits per heavy atom. The molecule has 1 aromatic carbocycles. The van der Waals surface area contributed by atoms with E-state index in [2.05, 4.69) is 29.2 Å². The molecule has 0 amide bonds. The molecular weight excluding hydrogens is 224 g/mol. The van der Waals surface area contributed by atoms with Gasteiger partial charge in [0.1, 0.15) is 0 Å². The fourth-order valence-electron chi connectivity index (χ4n) is 2.58. The zero-order valence-electron chi connectivity index (χ0n) is 11.3. The predicted octanol–water partition coefficient (Wildman–Crippen LogP) is 1.80. The molecule has 1 aliphatic rings. The zero-order chi connectivity index (χ0) is 12.8. The van der Waals surface area contributed by atoms with E-state index in [0.717, 1.165) is 39.1 Å². The maximum atomic E-state index is 5.71. The van der Waals surface area contributed by atoms with Gasteiger partial charge in [-0.25, -0.2) is 0 Å². The maximum absolute atomic E-state index is 5.71. The van der Waals surface area contributed by atoms with E-state index in [1.165, 1.54) is 11.1 Å². The fraction of sp³-hybridized carbons (Fsp3) is 0.600. The van der Waals surface area contributed by atoms with Crippen molar-refractivity contribution in [3.05, 3.63) is 35.4 Å². The normalized spacial score (nSPS) is 17.4. The lowest BCUT2D eigenvalue weighted by Crippen LogP contribution is -2.35. The molecular formula is C15H24N2O. The van der Waals surface area contributed by atoms with E-state index in [9.17, 15) is 0 Å². The summed E-state index contributed by atoms with van der Waals surface area (Å²) in [5.41, 5.74) is 8.69. The van der Waals surface area contributed by atoms with Crippen molar-refractivity contribution in [2.45, 2.75) is 32.4 Å². The molecule has 0 radical (unpaired) electrons. The van der Waals surface area contributed by atoms with E-state index in [1.54, 1.807) is 0 Å². The molecule has 0 saturated heterocycles. The second-order valence-corrected chi connectivity index (χ2v) is 4.90. The molecule has 3 nitrogen and oxygen atoms in total. The first kappa shape index (κ1) is 13.5. The summed E-state index contributed by atoms with van der Waals surface area (Å²) in [4.78, 5) is 2.50. The Kier molecular flexibility index (Phi) is 5.17. The van der Waals surface area contributed by atoms with Gasteiger partial charge in [0.05, 0.1) is 6.10 Å². The highest BCUT2D eigenvalue weighted by Crippen LogP contribution is 2.18. The number of nitrogens with two attached hydrogens (primary N) is 1. The van der Waals surface area contributed by atoms with Crippen LogP contribution in [-0.2, 0) is 17.7 Å². The largest absolute Gasteiger partial charge is 0.377 e. The molecule has 100 valence electrons. The van der Waals surface area contributed by atoms with E-state index < -0.39 is 0 Å². The van der Waals surface area contributed by atoms with Gasteiger partial charge in [-0.15, -0.1) is 0 Å². The van der Waals surface area contributed by atoms with Gasteiger partial charge >= 0.3 is 0 Å². The molecule has 0 aliphatic carbocycles. The molecule has 0 fully saturated rings. The van der Waals surface area contributed by atoms with Gasteiger partial charge in [-0.05, 0) is 30.9 Å². The van der Waals surface area contributed by atoms with Crippen molar-refractivity contribution in [3.63, 3.8) is 0 Å². The first-order valence-corrected chi connectivity index (χ1v) is 6.94. The minimum atomic E-state index is 0.215. The third kappa shape index (κ3) is 3.55. The molecule has 18 heavy (non-hydrogen) atoms. The summed E-state index contributed by atoms with van der Waals surface area (Å²) < 4.78 is 5.60. The monoisotopic (exact) mass is 248 g/mol. The Balaban J connectivity index is 1.82. The average Bonchev–Trinajstić information content (AvgIpc) is 2.43. The van der Waals surface area contributed by atoms with Crippen molar-refractivity contribution >= 4 is 0 Å². The van der Waals surface area contributed by atoms with Crippen LogP contribution >= 0.6 is 0 Å². The standard InChI is InChI=1S/C15H24N2O/c1-2-18-15(11-16)8-10-17-9-7-13-5-3-4-6-14(13)12-17/h3-6,15H,2,7-12,16H2,1H3. The van der Waals surface area contributed by atoms with E-state index >= 15 is 0 Å². The van der Waals surface area contributed by atoms with Crippen LogP contribution in [-0.4, -0.2) is 37.2 Å². The Hall–Kier alpha value is -0.900. The molecule has 1 heterocycles. The van der Waals surface area contributed by atoms with Crippen molar-refractivity contribution in [3.8, 4) is 0 Å². The third-order valence-electron chi connectivity index (χ3n) is 3.64. The van der Waals surface area contributed by atoms with Gasteiger partial charge in [-0.2, -0.15) is 0 Å². The number of hydrogen-bond donors (Lipinski definition) is 1. The molecule has 3 heteroatoms. The highest BCUT2D eigenvalue weighted by Gasteiger charge is 2.16. The second-order valence-electron chi connectivity index (χ2n) is 4.90. The summed E-state index contributed by atoms with van der Waals surface area (Å²) in [7, 11) is 0. The molecule has 2 N–H and O–H groups in total. The van der Waals surface area contributed by atoms with Crippen LogP contribution in [0.25, 0.3) is 0 Å². The smallest absolute Gasteiger partial charge is 0.0709 e. The summed E-state index contributed by atoms with van der Waals surface area (Å²) in [6, 6.07) is 8.75. The quantitative estimate of drug-likeness (QED) is 0.834. The summed E-state index contributed by atoms with van der Waals surface area (Å²) >= 11 is 0. The molecule has 0 bridgehead atoms. The Bertz CT molecular complexity index is 367. The lowest BCUT2D eigenvalue weighted by Gasteiger charge is -2.29. The molecule has 0 saturated carbocycles. The SMILES string of the molecule is CCOC(CN)CCN1CCc2ccccc2C1. The fourth-order valence-corrected chi connectivity index (χ4v) is 2.58. The summed E-state index contributed by atoms with van der Waals surface area (Å²) in [5, 5.41) is 0. The van der Waals surface area contributed by atoms with Crippen LogP contribution in [0.1, 0.15) is 24.5 Å². The molecule has 2 rings (SSSR count). The van der Waals surface area contributed by atoms with Crippen LogP contribution in [0, 0.1) is 0 Å². The van der Waals surface area contributed by atoms with Gasteiger partial charge in [0.25, 0.3) is 0 Å². The number of benzene rings is 1. The number of nitrogens with zero attached hydrogens (tertiary/aromatic N) is 1. The van der Waals surface area contributed by atoms with Gasteiger partial charge in [0.15, 0.2) is 0 Å². The molecule has 1 unspecified atom stereocenters. The highest BCUT2D eigenvalue weighted by molar-refractivity contribution is 5.28. The van der Waals surface area contributed by atoms with Gasteiger partial charge in [0.2, 0.25) is 0 Å². The summed E-state index contributed by atoms with van der Waals surface area (Å²) in [6.07, 6.45) is 2.41. The Morgan fingerprint density at radius 2 is 2.11 bits per heavy atom. The van der Waals surface area contributed by atoms with E-state index in [4.69, 9.17) is 10.5 Å². The third-order valence-corrected chi connectivity index (χ3v) is 3.64. The van der Waals surface area contributed by atoms with Crippen molar-refractivity contribution in [1.82, 2.24) is 4.90 Å². The van der Waals surface area contributed by atoms with Gasteiger partial charge in [-0.3, -0.25) is 4.90 Å². The number of fused-ring (bicyclic) bond motifs is 1. The number of hydrogen-bond acceptors (Lipinski definition) is 3. The molecule has 0 aromatic heterocycles. The van der Waals surface area contributed by atoms with Crippen molar-refractivity contribution in [2.24, 2.45) is 5.73 Å². The topological polar surface area (TPSA) is 38.5 Å². The second kappa shape index (κ2) is 6.88. The first-order valence-electron chi connectivity index (χ1n) is 6.94. The van der Waals surface area contributed by atoms with Crippen LogP contribution in [0.15, 0.2) is 24.3 Å². The minimum absolute atomic E-state index is 0.215. The molecule has 0 spiro atoms. The van der Waals surface area contributed by atoms with Crippen LogP contribution in [0.5, 0.6) is 0 Å². The summed E-state index contributed by atoms with van der Waals surface area (Å²) in [5.74, 6) is 0. The van der Waals surface area contributed by atoms with Crippen LogP contribution in [0.2, 0.25) is 0 Å². The maximum Gasteiger partial charge on any atom is 0.0709 e. The molecule has 1 aliphatic heterocycles. The number of rotatable bonds is 6. The minimum Gasteiger partial charge on any atom is -0.377 e. The highest BCUT2D eigenvalue weighted by atomic mass is 16.5. The van der Waals surface area contributed by atoms with Gasteiger partial charge < -0.3 is 10.5 Å². The lowest BCUT2D eigenvalue weighted by molar-refractivity contribution is 0.0531. The zero-order valence-corrected chi connectivity index (χ0v) is 11.3. The average molecular weight is 248 g/mol. The predicted molar refractivity (Wildman–Crippen MR) is 74.5 cm³/mol. The van der Waals surface area contributed by atoms with E-state index in [1.807, 2.05) is 6.92 Å². The van der Waals surface area contributed by atoms with E-state index in [-0.39, 0.29) is 6.10 Å². The Morgan fingerprint density at radius 1 is 1.33 bits per heavy atom.